The second-order valence-corrected chi connectivity index (χ2v) is 6.66. The molecule has 4 heteroatoms. The van der Waals surface area contributed by atoms with Crippen LogP contribution in [0.25, 0.3) is 0 Å². The van der Waals surface area contributed by atoms with Crippen LogP contribution in [0.3, 0.4) is 0 Å². The van der Waals surface area contributed by atoms with Gasteiger partial charge in [-0.25, -0.2) is 4.99 Å². The van der Waals surface area contributed by atoms with Gasteiger partial charge in [-0.2, -0.15) is 0 Å². The van der Waals surface area contributed by atoms with Gasteiger partial charge >= 0.3 is 0 Å². The lowest BCUT2D eigenvalue weighted by atomic mass is 9.86. The molecule has 0 radical (unpaired) electrons. The summed E-state index contributed by atoms with van der Waals surface area (Å²) in [6.07, 6.45) is 2.33. The predicted octanol–water partition coefficient (Wildman–Crippen LogP) is 2.26. The molecule has 20 heavy (non-hydrogen) atoms. The van der Waals surface area contributed by atoms with Crippen molar-refractivity contribution in [1.82, 2.24) is 10.6 Å². The van der Waals surface area contributed by atoms with E-state index in [0.717, 1.165) is 5.56 Å². The molecule has 106 valence electrons. The minimum Gasteiger partial charge on any atom is -0.353 e. The van der Waals surface area contributed by atoms with Gasteiger partial charge in [0.25, 0.3) is 5.91 Å². The summed E-state index contributed by atoms with van der Waals surface area (Å²) in [6.45, 7) is 6.54. The molecule has 1 saturated carbocycles. The molecule has 1 aromatic rings. The summed E-state index contributed by atoms with van der Waals surface area (Å²) in [4.78, 5) is 16.5. The predicted molar refractivity (Wildman–Crippen MR) is 79.6 cm³/mol. The fourth-order valence-electron chi connectivity index (χ4n) is 2.29. The van der Waals surface area contributed by atoms with Crippen molar-refractivity contribution in [2.45, 2.75) is 51.1 Å². The average molecular weight is 271 g/mol. The summed E-state index contributed by atoms with van der Waals surface area (Å²) >= 11 is 0. The number of rotatable bonds is 2. The van der Waals surface area contributed by atoms with E-state index in [1.165, 1.54) is 18.4 Å². The van der Waals surface area contributed by atoms with Crippen LogP contribution in [0, 0.1) is 0 Å². The maximum atomic E-state index is 12.0. The third-order valence-corrected chi connectivity index (χ3v) is 3.76. The molecule has 1 aliphatic heterocycles. The number of carbonyl (C=O) groups is 1. The van der Waals surface area contributed by atoms with E-state index >= 15 is 0 Å². The highest BCUT2D eigenvalue weighted by molar-refractivity contribution is 6.05. The molecule has 0 spiro atoms. The molecule has 1 aromatic carbocycles. The number of guanidine groups is 1. The summed E-state index contributed by atoms with van der Waals surface area (Å²) < 4.78 is 0. The van der Waals surface area contributed by atoms with Crippen LogP contribution in [0.4, 0.5) is 0 Å². The number of hydrogen-bond donors (Lipinski definition) is 2. The van der Waals surface area contributed by atoms with Gasteiger partial charge in [-0.05, 0) is 29.4 Å². The summed E-state index contributed by atoms with van der Waals surface area (Å²) in [6, 6.07) is 8.28. The first-order valence-corrected chi connectivity index (χ1v) is 7.19. The molecule has 0 saturated heterocycles. The van der Waals surface area contributed by atoms with Gasteiger partial charge in [0.1, 0.15) is 0 Å². The first-order chi connectivity index (χ1) is 9.43. The molecule has 4 nitrogen and oxygen atoms in total. The quantitative estimate of drug-likeness (QED) is 0.867. The molecule has 3 rings (SSSR count). The number of benzene rings is 1. The van der Waals surface area contributed by atoms with Crippen molar-refractivity contribution < 1.29 is 4.79 Å². The van der Waals surface area contributed by atoms with Crippen molar-refractivity contribution in [1.29, 1.82) is 0 Å². The maximum absolute atomic E-state index is 12.0. The molecule has 2 N–H and O–H groups in total. The molecule has 1 fully saturated rings. The number of amides is 1. The smallest absolute Gasteiger partial charge is 0.256 e. The molecule has 2 aliphatic rings. The second-order valence-electron chi connectivity index (χ2n) is 6.66. The van der Waals surface area contributed by atoms with Crippen molar-refractivity contribution in [2.75, 3.05) is 0 Å². The number of carbonyl (C=O) groups excluding carboxylic acids is 1. The van der Waals surface area contributed by atoms with Crippen molar-refractivity contribution in [3.8, 4) is 0 Å². The fraction of sp³-hybridized carbons (Fsp3) is 0.500. The molecular weight excluding hydrogens is 250 g/mol. The van der Waals surface area contributed by atoms with Crippen LogP contribution in [0.15, 0.2) is 29.3 Å². The van der Waals surface area contributed by atoms with Crippen LogP contribution < -0.4 is 10.6 Å². The van der Waals surface area contributed by atoms with Crippen LogP contribution in [-0.2, 0) is 10.2 Å². The van der Waals surface area contributed by atoms with Gasteiger partial charge in [-0.3, -0.25) is 10.1 Å². The molecule has 1 unspecified atom stereocenters. The first kappa shape index (κ1) is 13.2. The highest BCUT2D eigenvalue weighted by Crippen LogP contribution is 2.27. The van der Waals surface area contributed by atoms with Gasteiger partial charge in [0.2, 0.25) is 0 Å². The summed E-state index contributed by atoms with van der Waals surface area (Å²) in [5.41, 5.74) is 2.33. The van der Waals surface area contributed by atoms with E-state index in [1.54, 1.807) is 0 Å². The van der Waals surface area contributed by atoms with Crippen molar-refractivity contribution >= 4 is 11.9 Å². The topological polar surface area (TPSA) is 53.5 Å². The minimum atomic E-state index is -0.412. The molecule has 1 atom stereocenters. The van der Waals surface area contributed by atoms with Gasteiger partial charge in [0.15, 0.2) is 12.0 Å². The Morgan fingerprint density at radius 2 is 1.85 bits per heavy atom. The standard InChI is InChI=1S/C16H21N3O/c1-16(2,3)11-6-4-10(5-7-11)13-14(20)19-15(18-13)17-12-8-9-12/h4-7,12-13H,8-9H2,1-3H3,(H2,17,18,19,20). The molecule has 1 aliphatic carbocycles. The Morgan fingerprint density at radius 3 is 2.40 bits per heavy atom. The zero-order valence-corrected chi connectivity index (χ0v) is 12.2. The largest absolute Gasteiger partial charge is 0.353 e. The van der Waals surface area contributed by atoms with Crippen molar-refractivity contribution in [3.63, 3.8) is 0 Å². The lowest BCUT2D eigenvalue weighted by Crippen LogP contribution is -2.37. The van der Waals surface area contributed by atoms with Gasteiger partial charge in [0, 0.05) is 6.04 Å². The Labute approximate surface area is 119 Å². The highest BCUT2D eigenvalue weighted by Gasteiger charge is 2.31. The Kier molecular flexibility index (Phi) is 3.04. The second kappa shape index (κ2) is 4.62. The van der Waals surface area contributed by atoms with Crippen LogP contribution in [0.1, 0.15) is 50.8 Å². The van der Waals surface area contributed by atoms with Crippen LogP contribution in [-0.4, -0.2) is 17.9 Å². The van der Waals surface area contributed by atoms with Gasteiger partial charge in [0.05, 0.1) is 0 Å². The zero-order chi connectivity index (χ0) is 14.3. The molecular formula is C16H21N3O. The zero-order valence-electron chi connectivity index (χ0n) is 12.2. The highest BCUT2D eigenvalue weighted by atomic mass is 16.2. The van der Waals surface area contributed by atoms with Gasteiger partial charge in [-0.1, -0.05) is 45.0 Å². The minimum absolute atomic E-state index is 0.0448. The number of aliphatic imine (C=N–C) groups is 1. The third kappa shape index (κ3) is 2.69. The molecule has 0 bridgehead atoms. The molecule has 1 heterocycles. The molecule has 1 amide bonds. The van der Waals surface area contributed by atoms with E-state index in [4.69, 9.17) is 0 Å². The third-order valence-electron chi connectivity index (χ3n) is 3.76. The maximum Gasteiger partial charge on any atom is 0.256 e. The average Bonchev–Trinajstić information content (AvgIpc) is 3.11. The first-order valence-electron chi connectivity index (χ1n) is 7.19. The van der Waals surface area contributed by atoms with Crippen LogP contribution in [0.2, 0.25) is 0 Å². The van der Waals surface area contributed by atoms with Crippen molar-refractivity contribution in [2.24, 2.45) is 4.99 Å². The Balaban J connectivity index is 1.78. The Morgan fingerprint density at radius 1 is 1.20 bits per heavy atom. The number of hydrogen-bond acceptors (Lipinski definition) is 3. The Hall–Kier alpha value is -1.84. The van der Waals surface area contributed by atoms with E-state index in [1.807, 2.05) is 12.1 Å². The lowest BCUT2D eigenvalue weighted by Gasteiger charge is -2.19. The summed E-state index contributed by atoms with van der Waals surface area (Å²) in [5.74, 6) is 0.582. The Bertz CT molecular complexity index is 550. The number of nitrogens with zero attached hydrogens (tertiary/aromatic N) is 1. The normalized spacial score (nSPS) is 22.4. The van der Waals surface area contributed by atoms with E-state index in [-0.39, 0.29) is 11.3 Å². The van der Waals surface area contributed by atoms with Crippen LogP contribution in [0.5, 0.6) is 0 Å². The van der Waals surface area contributed by atoms with Crippen LogP contribution >= 0.6 is 0 Å². The number of nitrogens with one attached hydrogen (secondary N) is 2. The summed E-state index contributed by atoms with van der Waals surface area (Å²) in [5, 5.41) is 6.06. The van der Waals surface area contributed by atoms with Crippen molar-refractivity contribution in [3.05, 3.63) is 35.4 Å². The lowest BCUT2D eigenvalue weighted by molar-refractivity contribution is -0.120. The fourth-order valence-corrected chi connectivity index (χ4v) is 2.29. The van der Waals surface area contributed by atoms with E-state index in [0.29, 0.717) is 12.0 Å². The van der Waals surface area contributed by atoms with E-state index in [9.17, 15) is 4.79 Å². The van der Waals surface area contributed by atoms with E-state index in [2.05, 4.69) is 48.5 Å². The molecule has 0 aromatic heterocycles. The van der Waals surface area contributed by atoms with E-state index < -0.39 is 6.04 Å². The monoisotopic (exact) mass is 271 g/mol. The van der Waals surface area contributed by atoms with Gasteiger partial charge < -0.3 is 5.32 Å². The SMILES string of the molecule is CC(C)(C)c1ccc(C2N=C(NC3CC3)NC2=O)cc1. The van der Waals surface area contributed by atoms with Gasteiger partial charge in [-0.15, -0.1) is 0 Å². The summed E-state index contributed by atoms with van der Waals surface area (Å²) in [7, 11) is 0.